The molecule has 136 valence electrons. The highest BCUT2D eigenvalue weighted by atomic mass is 31.1. The first-order valence-electron chi connectivity index (χ1n) is 8.97. The largest absolute Gasteiger partial charge is 0.493 e. The van der Waals surface area contributed by atoms with E-state index in [9.17, 15) is 9.36 Å². The molecule has 0 amide bonds. The Labute approximate surface area is 146 Å². The molecule has 0 aliphatic carbocycles. The maximum atomic E-state index is 12.8. The van der Waals surface area contributed by atoms with Gasteiger partial charge < -0.3 is 14.0 Å². The Morgan fingerprint density at radius 3 is 1.96 bits per heavy atom. The van der Waals surface area contributed by atoms with Crippen LogP contribution in [0.5, 0.6) is 11.5 Å². The van der Waals surface area contributed by atoms with Crippen LogP contribution < -0.4 is 9.47 Å². The van der Waals surface area contributed by atoms with E-state index in [0.29, 0.717) is 36.4 Å². The van der Waals surface area contributed by atoms with Crippen molar-refractivity contribution in [2.75, 3.05) is 19.4 Å². The summed E-state index contributed by atoms with van der Waals surface area (Å²) in [5.74, 6) is 1.20. The molecule has 1 aromatic rings. The summed E-state index contributed by atoms with van der Waals surface area (Å²) in [5.41, 5.74) is 0.0292. The number of carbonyl (C=O) groups is 1. The number of rotatable bonds is 12. The Morgan fingerprint density at radius 2 is 1.54 bits per heavy atom. The average Bonchev–Trinajstić information content (AvgIpc) is 2.54. The van der Waals surface area contributed by atoms with Gasteiger partial charge in [0.15, 0.2) is 0 Å². The lowest BCUT2D eigenvalue weighted by molar-refractivity contribution is 0.107. The van der Waals surface area contributed by atoms with E-state index in [4.69, 9.17) is 9.47 Å². The average molecular weight is 354 g/mol. The lowest BCUT2D eigenvalue weighted by Crippen LogP contribution is -2.08. The van der Waals surface area contributed by atoms with E-state index in [0.717, 1.165) is 25.7 Å². The Kier molecular flexibility index (Phi) is 9.78. The Hall–Kier alpha value is -1.28. The van der Waals surface area contributed by atoms with Crippen molar-refractivity contribution in [1.82, 2.24) is 0 Å². The van der Waals surface area contributed by atoms with Gasteiger partial charge in [-0.15, -0.1) is 0 Å². The highest BCUT2D eigenvalue weighted by Crippen LogP contribution is 2.38. The first-order chi connectivity index (χ1) is 11.5. The van der Waals surface area contributed by atoms with Gasteiger partial charge in [0.25, 0.3) is 0 Å². The van der Waals surface area contributed by atoms with Gasteiger partial charge in [0, 0.05) is 6.16 Å². The number of benzene rings is 1. The number of hydrogen-bond donors (Lipinski definition) is 0. The van der Waals surface area contributed by atoms with Crippen molar-refractivity contribution in [3.05, 3.63) is 23.8 Å². The van der Waals surface area contributed by atoms with Crippen LogP contribution in [-0.4, -0.2) is 24.9 Å². The number of unbranched alkanes of at least 4 members (excludes halogenated alkanes) is 2. The molecular weight excluding hydrogens is 323 g/mol. The van der Waals surface area contributed by atoms with E-state index < -0.39 is 7.80 Å². The summed E-state index contributed by atoms with van der Waals surface area (Å²) in [7, 11) is -2.37. The quantitative estimate of drug-likeness (QED) is 0.372. The van der Waals surface area contributed by atoms with E-state index in [1.807, 2.05) is 19.9 Å². The molecule has 0 bridgehead atoms. The SMILES string of the molecule is CCCCOc1cccc(OCCCC)c1C(=O)[PH](=O)CC(C)C. The van der Waals surface area contributed by atoms with Crippen LogP contribution in [0.25, 0.3) is 0 Å². The van der Waals surface area contributed by atoms with Crippen LogP contribution in [0.3, 0.4) is 0 Å². The molecule has 1 aromatic carbocycles. The Bertz CT molecular complexity index is 512. The molecular formula is C19H31O4P. The van der Waals surface area contributed by atoms with E-state index in [1.165, 1.54) is 0 Å². The van der Waals surface area contributed by atoms with Crippen LogP contribution in [-0.2, 0) is 4.57 Å². The van der Waals surface area contributed by atoms with Gasteiger partial charge in [-0.25, -0.2) is 0 Å². The summed E-state index contributed by atoms with van der Waals surface area (Å²) in [6.45, 7) is 9.19. The van der Waals surface area contributed by atoms with Crippen LogP contribution in [0.4, 0.5) is 0 Å². The highest BCUT2D eigenvalue weighted by Gasteiger charge is 2.24. The second-order valence-electron chi connectivity index (χ2n) is 6.38. The summed E-state index contributed by atoms with van der Waals surface area (Å²) >= 11 is 0. The zero-order valence-corrected chi connectivity index (χ0v) is 16.4. The molecule has 0 heterocycles. The lowest BCUT2D eigenvalue weighted by atomic mass is 10.2. The standard InChI is InChI=1S/C19H31O4P/c1-5-7-12-22-16-10-9-11-17(23-13-8-6-2)18(16)19(20)24(21)14-15(3)4/h9-11,15,24H,5-8,12-14H2,1-4H3. The third kappa shape index (κ3) is 6.68. The van der Waals surface area contributed by atoms with Gasteiger partial charge >= 0.3 is 0 Å². The van der Waals surface area contributed by atoms with Crippen LogP contribution >= 0.6 is 7.80 Å². The molecule has 0 N–H and O–H groups in total. The van der Waals surface area contributed by atoms with Crippen LogP contribution in [0.1, 0.15) is 63.7 Å². The summed E-state index contributed by atoms with van der Waals surface area (Å²) in [4.78, 5) is 12.8. The predicted octanol–water partition coefficient (Wildman–Crippen LogP) is 5.40. The van der Waals surface area contributed by atoms with Gasteiger partial charge in [-0.3, -0.25) is 4.79 Å². The molecule has 0 aliphatic rings. The molecule has 0 saturated heterocycles. The Morgan fingerprint density at radius 1 is 1.04 bits per heavy atom. The molecule has 0 spiro atoms. The van der Waals surface area contributed by atoms with E-state index in [1.54, 1.807) is 12.1 Å². The van der Waals surface area contributed by atoms with Crippen molar-refractivity contribution in [1.29, 1.82) is 0 Å². The topological polar surface area (TPSA) is 52.6 Å². The maximum Gasteiger partial charge on any atom is 0.225 e. The minimum Gasteiger partial charge on any atom is -0.493 e. The van der Waals surface area contributed by atoms with E-state index >= 15 is 0 Å². The van der Waals surface area contributed by atoms with Crippen LogP contribution in [0.15, 0.2) is 18.2 Å². The third-order valence-electron chi connectivity index (χ3n) is 3.57. The third-order valence-corrected chi connectivity index (χ3v) is 5.52. The van der Waals surface area contributed by atoms with Gasteiger partial charge in [-0.1, -0.05) is 46.6 Å². The fourth-order valence-corrected chi connectivity index (χ4v) is 3.68. The van der Waals surface area contributed by atoms with Crippen molar-refractivity contribution < 1.29 is 18.8 Å². The second kappa shape index (κ2) is 11.3. The number of hydrogen-bond acceptors (Lipinski definition) is 4. The van der Waals surface area contributed by atoms with Crippen molar-refractivity contribution in [2.24, 2.45) is 5.92 Å². The maximum absolute atomic E-state index is 12.8. The van der Waals surface area contributed by atoms with Crippen LogP contribution in [0, 0.1) is 5.92 Å². The molecule has 0 aliphatic heterocycles. The van der Waals surface area contributed by atoms with Crippen molar-refractivity contribution >= 4 is 13.3 Å². The second-order valence-corrected chi connectivity index (χ2v) is 8.09. The molecule has 1 unspecified atom stereocenters. The monoisotopic (exact) mass is 354 g/mol. The molecule has 0 aromatic heterocycles. The summed E-state index contributed by atoms with van der Waals surface area (Å²) in [6, 6.07) is 5.35. The summed E-state index contributed by atoms with van der Waals surface area (Å²) < 4.78 is 24.0. The number of ether oxygens (including phenoxy) is 2. The molecule has 4 nitrogen and oxygen atoms in total. The smallest absolute Gasteiger partial charge is 0.225 e. The lowest BCUT2D eigenvalue weighted by Gasteiger charge is -2.16. The fraction of sp³-hybridized carbons (Fsp3) is 0.632. The predicted molar refractivity (Wildman–Crippen MR) is 100 cm³/mol. The molecule has 1 rings (SSSR count). The highest BCUT2D eigenvalue weighted by molar-refractivity contribution is 7.64. The zero-order valence-electron chi connectivity index (χ0n) is 15.4. The first kappa shape index (κ1) is 20.8. The van der Waals surface area contributed by atoms with Crippen molar-refractivity contribution in [2.45, 2.75) is 53.4 Å². The van der Waals surface area contributed by atoms with Crippen LogP contribution in [0.2, 0.25) is 0 Å². The molecule has 0 fully saturated rings. The molecule has 0 radical (unpaired) electrons. The van der Waals surface area contributed by atoms with E-state index in [-0.39, 0.29) is 11.4 Å². The van der Waals surface area contributed by atoms with Crippen molar-refractivity contribution in [3.8, 4) is 11.5 Å². The fourth-order valence-electron chi connectivity index (χ4n) is 2.23. The molecule has 5 heteroatoms. The Balaban J connectivity index is 3.07. The molecule has 0 saturated carbocycles. The molecule has 24 heavy (non-hydrogen) atoms. The molecule has 1 atom stereocenters. The van der Waals surface area contributed by atoms with Gasteiger partial charge in [-0.05, 0) is 30.9 Å². The summed E-state index contributed by atoms with van der Waals surface area (Å²) in [6.07, 6.45) is 4.27. The minimum atomic E-state index is -2.37. The van der Waals surface area contributed by atoms with Gasteiger partial charge in [0.2, 0.25) is 5.52 Å². The minimum absolute atomic E-state index is 0.220. The van der Waals surface area contributed by atoms with Crippen molar-refractivity contribution in [3.63, 3.8) is 0 Å². The normalized spacial score (nSPS) is 12.2. The van der Waals surface area contributed by atoms with Gasteiger partial charge in [0.1, 0.15) is 24.9 Å². The van der Waals surface area contributed by atoms with E-state index in [2.05, 4.69) is 13.8 Å². The first-order valence-corrected chi connectivity index (χ1v) is 10.6. The number of carbonyl (C=O) groups excluding carboxylic acids is 1. The zero-order chi connectivity index (χ0) is 17.9. The van der Waals surface area contributed by atoms with Gasteiger partial charge in [0.05, 0.1) is 13.2 Å². The summed E-state index contributed by atoms with van der Waals surface area (Å²) in [5, 5.41) is 0. The van der Waals surface area contributed by atoms with Gasteiger partial charge in [-0.2, -0.15) is 0 Å².